The molecule has 0 aliphatic carbocycles. The van der Waals surface area contributed by atoms with E-state index < -0.39 is 0 Å². The number of aromatic nitrogens is 4. The maximum absolute atomic E-state index is 12.2. The molecule has 0 unspecified atom stereocenters. The first-order chi connectivity index (χ1) is 12.6. The van der Waals surface area contributed by atoms with Crippen LogP contribution >= 0.6 is 0 Å². The SMILES string of the molecule is Cc1cccc(NC(=O)CCC2CCN(C(=O)Cn3cnnn3)CC2)c1. The Balaban J connectivity index is 1.37. The van der Waals surface area contributed by atoms with Crippen LogP contribution < -0.4 is 5.32 Å². The molecule has 0 atom stereocenters. The zero-order valence-electron chi connectivity index (χ0n) is 15.0. The average Bonchev–Trinajstić information content (AvgIpc) is 3.13. The van der Waals surface area contributed by atoms with Crippen LogP contribution in [0.5, 0.6) is 0 Å². The summed E-state index contributed by atoms with van der Waals surface area (Å²) in [4.78, 5) is 26.2. The number of piperidine rings is 1. The van der Waals surface area contributed by atoms with E-state index in [0.29, 0.717) is 12.3 Å². The number of aryl methyl sites for hydroxylation is 1. The van der Waals surface area contributed by atoms with Crippen LogP contribution in [0.1, 0.15) is 31.2 Å². The second-order valence-electron chi connectivity index (χ2n) is 6.79. The Hall–Kier alpha value is -2.77. The van der Waals surface area contributed by atoms with Gasteiger partial charge in [-0.1, -0.05) is 12.1 Å². The van der Waals surface area contributed by atoms with E-state index in [0.717, 1.165) is 43.6 Å². The molecule has 138 valence electrons. The minimum atomic E-state index is 0.0351. The summed E-state index contributed by atoms with van der Waals surface area (Å²) in [6.07, 6.45) is 4.67. The van der Waals surface area contributed by atoms with E-state index in [1.807, 2.05) is 36.1 Å². The molecule has 0 radical (unpaired) electrons. The van der Waals surface area contributed by atoms with E-state index in [9.17, 15) is 9.59 Å². The van der Waals surface area contributed by atoms with Gasteiger partial charge in [0.25, 0.3) is 0 Å². The number of carbonyl (C=O) groups is 2. The first-order valence-electron chi connectivity index (χ1n) is 8.95. The zero-order chi connectivity index (χ0) is 18.4. The van der Waals surface area contributed by atoms with Gasteiger partial charge in [-0.25, -0.2) is 4.68 Å². The fourth-order valence-corrected chi connectivity index (χ4v) is 3.24. The van der Waals surface area contributed by atoms with Crippen molar-refractivity contribution in [2.45, 2.75) is 39.2 Å². The van der Waals surface area contributed by atoms with Crippen molar-refractivity contribution in [3.8, 4) is 0 Å². The van der Waals surface area contributed by atoms with Crippen molar-refractivity contribution in [2.24, 2.45) is 5.92 Å². The number of hydrogen-bond acceptors (Lipinski definition) is 5. The van der Waals surface area contributed by atoms with E-state index in [1.165, 1.54) is 11.0 Å². The third-order valence-electron chi connectivity index (χ3n) is 4.74. The molecule has 0 bridgehead atoms. The molecule has 1 aromatic carbocycles. The van der Waals surface area contributed by atoms with Crippen molar-refractivity contribution >= 4 is 17.5 Å². The highest BCUT2D eigenvalue weighted by atomic mass is 16.2. The number of hydrogen-bond donors (Lipinski definition) is 1. The molecule has 8 heteroatoms. The largest absolute Gasteiger partial charge is 0.341 e. The molecular weight excluding hydrogens is 332 g/mol. The Morgan fingerprint density at radius 2 is 2.08 bits per heavy atom. The van der Waals surface area contributed by atoms with Crippen molar-refractivity contribution in [3.05, 3.63) is 36.2 Å². The van der Waals surface area contributed by atoms with Crippen LogP contribution in [-0.4, -0.2) is 50.0 Å². The molecule has 1 aliphatic rings. The first-order valence-corrected chi connectivity index (χ1v) is 8.95. The third-order valence-corrected chi connectivity index (χ3v) is 4.74. The lowest BCUT2D eigenvalue weighted by molar-refractivity contribution is -0.133. The Kier molecular flexibility index (Phi) is 5.93. The average molecular weight is 356 g/mol. The number of anilines is 1. The predicted molar refractivity (Wildman–Crippen MR) is 96.2 cm³/mol. The molecular formula is C18H24N6O2. The lowest BCUT2D eigenvalue weighted by Gasteiger charge is -2.31. The van der Waals surface area contributed by atoms with Gasteiger partial charge >= 0.3 is 0 Å². The predicted octanol–water partition coefficient (Wildman–Crippen LogP) is 1.64. The molecule has 2 heterocycles. The maximum atomic E-state index is 12.2. The van der Waals surface area contributed by atoms with Crippen LogP contribution in [0.15, 0.2) is 30.6 Å². The van der Waals surface area contributed by atoms with Gasteiger partial charge in [0, 0.05) is 25.2 Å². The summed E-state index contributed by atoms with van der Waals surface area (Å²) in [6, 6.07) is 7.81. The first kappa shape index (κ1) is 18.0. The zero-order valence-corrected chi connectivity index (χ0v) is 15.0. The Morgan fingerprint density at radius 1 is 1.27 bits per heavy atom. The minimum absolute atomic E-state index is 0.0351. The number of carbonyl (C=O) groups excluding carboxylic acids is 2. The van der Waals surface area contributed by atoms with Crippen LogP contribution in [0.3, 0.4) is 0 Å². The fourth-order valence-electron chi connectivity index (χ4n) is 3.24. The van der Waals surface area contributed by atoms with Crippen molar-refractivity contribution in [2.75, 3.05) is 18.4 Å². The summed E-state index contributed by atoms with van der Waals surface area (Å²) in [5.74, 6) is 0.566. The van der Waals surface area contributed by atoms with Crippen LogP contribution in [0.2, 0.25) is 0 Å². The molecule has 26 heavy (non-hydrogen) atoms. The topological polar surface area (TPSA) is 93.0 Å². The number of tetrazole rings is 1. The number of rotatable bonds is 6. The highest BCUT2D eigenvalue weighted by Gasteiger charge is 2.23. The maximum Gasteiger partial charge on any atom is 0.244 e. The van der Waals surface area contributed by atoms with Gasteiger partial charge in [0.05, 0.1) is 0 Å². The van der Waals surface area contributed by atoms with Gasteiger partial charge in [-0.3, -0.25) is 9.59 Å². The minimum Gasteiger partial charge on any atom is -0.341 e. The summed E-state index contributed by atoms with van der Waals surface area (Å²) in [7, 11) is 0. The summed E-state index contributed by atoms with van der Waals surface area (Å²) in [5.41, 5.74) is 1.97. The van der Waals surface area contributed by atoms with Gasteiger partial charge in [-0.2, -0.15) is 0 Å². The Morgan fingerprint density at radius 3 is 2.77 bits per heavy atom. The molecule has 8 nitrogen and oxygen atoms in total. The highest BCUT2D eigenvalue weighted by Crippen LogP contribution is 2.22. The van der Waals surface area contributed by atoms with Crippen molar-refractivity contribution in [3.63, 3.8) is 0 Å². The summed E-state index contributed by atoms with van der Waals surface area (Å²) >= 11 is 0. The van der Waals surface area contributed by atoms with Crippen LogP contribution in [0.4, 0.5) is 5.69 Å². The molecule has 1 N–H and O–H groups in total. The molecule has 1 aliphatic heterocycles. The fraction of sp³-hybridized carbons (Fsp3) is 0.500. The molecule has 0 spiro atoms. The van der Waals surface area contributed by atoms with E-state index >= 15 is 0 Å². The van der Waals surface area contributed by atoms with E-state index in [2.05, 4.69) is 20.8 Å². The monoisotopic (exact) mass is 356 g/mol. The van der Waals surface area contributed by atoms with E-state index in [-0.39, 0.29) is 18.4 Å². The quantitative estimate of drug-likeness (QED) is 0.849. The van der Waals surface area contributed by atoms with Gasteiger partial charge in [-0.15, -0.1) is 5.10 Å². The van der Waals surface area contributed by atoms with Crippen LogP contribution in [0.25, 0.3) is 0 Å². The molecule has 0 saturated carbocycles. The molecule has 1 fully saturated rings. The lowest BCUT2D eigenvalue weighted by Crippen LogP contribution is -2.40. The van der Waals surface area contributed by atoms with Gasteiger partial charge in [0.2, 0.25) is 11.8 Å². The van der Waals surface area contributed by atoms with E-state index in [1.54, 1.807) is 0 Å². The molecule has 2 aromatic rings. The van der Waals surface area contributed by atoms with Crippen molar-refractivity contribution in [1.82, 2.24) is 25.1 Å². The van der Waals surface area contributed by atoms with Gasteiger partial charge in [0.15, 0.2) is 0 Å². The van der Waals surface area contributed by atoms with Crippen molar-refractivity contribution < 1.29 is 9.59 Å². The number of benzene rings is 1. The van der Waals surface area contributed by atoms with Crippen LogP contribution in [0, 0.1) is 12.8 Å². The second-order valence-corrected chi connectivity index (χ2v) is 6.79. The normalized spacial score (nSPS) is 15.0. The number of amides is 2. The van der Waals surface area contributed by atoms with Gasteiger partial charge < -0.3 is 10.2 Å². The Bertz CT molecular complexity index is 738. The molecule has 1 aromatic heterocycles. The highest BCUT2D eigenvalue weighted by molar-refractivity contribution is 5.90. The summed E-state index contributed by atoms with van der Waals surface area (Å²) in [6.45, 7) is 3.64. The third kappa shape index (κ3) is 5.11. The lowest BCUT2D eigenvalue weighted by atomic mass is 9.92. The van der Waals surface area contributed by atoms with E-state index in [4.69, 9.17) is 0 Å². The Labute approximate surface area is 152 Å². The number of likely N-dealkylation sites (tertiary alicyclic amines) is 1. The number of nitrogens with zero attached hydrogens (tertiary/aromatic N) is 5. The van der Waals surface area contributed by atoms with Crippen molar-refractivity contribution in [1.29, 1.82) is 0 Å². The van der Waals surface area contributed by atoms with Gasteiger partial charge in [0.1, 0.15) is 12.9 Å². The van der Waals surface area contributed by atoms with Gasteiger partial charge in [-0.05, 0) is 60.2 Å². The number of nitrogens with one attached hydrogen (secondary N) is 1. The smallest absolute Gasteiger partial charge is 0.244 e. The van der Waals surface area contributed by atoms with Crippen LogP contribution in [-0.2, 0) is 16.1 Å². The summed E-state index contributed by atoms with van der Waals surface area (Å²) in [5, 5.41) is 13.7. The summed E-state index contributed by atoms with van der Waals surface area (Å²) < 4.78 is 1.43. The standard InChI is InChI=1S/C18H24N6O2/c1-14-3-2-4-16(11-14)20-17(25)6-5-15-7-9-23(10-8-15)18(26)12-24-13-19-21-22-24/h2-4,11,13,15H,5-10,12H2,1H3,(H,20,25). The molecule has 1 saturated heterocycles. The molecule has 3 rings (SSSR count). The molecule has 2 amide bonds. The second kappa shape index (κ2) is 8.55.